The molecular weight excluding hydrogens is 441 g/mol. The number of hydrogen-bond acceptors (Lipinski definition) is 8. The van der Waals surface area contributed by atoms with Crippen LogP contribution in [0.15, 0.2) is 24.4 Å². The van der Waals surface area contributed by atoms with Crippen molar-refractivity contribution < 1.29 is 23.8 Å². The van der Waals surface area contributed by atoms with Gasteiger partial charge in [0, 0.05) is 57.6 Å². The molecule has 0 saturated carbocycles. The van der Waals surface area contributed by atoms with Gasteiger partial charge in [0.2, 0.25) is 5.91 Å². The number of rotatable bonds is 9. The maximum absolute atomic E-state index is 13.8. The van der Waals surface area contributed by atoms with E-state index in [1.807, 2.05) is 4.90 Å². The van der Waals surface area contributed by atoms with Crippen LogP contribution in [-0.2, 0) is 20.9 Å². The first-order chi connectivity index (χ1) is 16.6. The third-order valence-electron chi connectivity index (χ3n) is 6.33. The molecule has 0 radical (unpaired) electrons. The highest BCUT2D eigenvalue weighted by Gasteiger charge is 2.27. The number of hydrogen-bond donors (Lipinski definition) is 2. The first-order valence-electron chi connectivity index (χ1n) is 11.7. The number of aliphatic hydroxyl groups excluding tert-OH is 1. The molecule has 3 heterocycles. The molecule has 9 nitrogen and oxygen atoms in total. The van der Waals surface area contributed by atoms with Gasteiger partial charge in [-0.25, -0.2) is 14.4 Å². The molecule has 1 aromatic carbocycles. The topological polar surface area (TPSA) is 100 Å². The van der Waals surface area contributed by atoms with Crippen LogP contribution in [0.3, 0.4) is 0 Å². The molecule has 1 fully saturated rings. The highest BCUT2D eigenvalue weighted by atomic mass is 19.1. The summed E-state index contributed by atoms with van der Waals surface area (Å²) in [5, 5.41) is 12.5. The molecular formula is C24H32FN5O4. The van der Waals surface area contributed by atoms with Crippen molar-refractivity contribution in [3.63, 3.8) is 0 Å². The Morgan fingerprint density at radius 3 is 2.85 bits per heavy atom. The smallest absolute Gasteiger partial charge is 0.239 e. The van der Waals surface area contributed by atoms with E-state index in [-0.39, 0.29) is 18.0 Å². The Labute approximate surface area is 198 Å². The van der Waals surface area contributed by atoms with Crippen molar-refractivity contribution in [2.45, 2.75) is 19.4 Å². The standard InChI is InChI=1S/C24H32FN5O4/c1-33-11-8-29-6-7-30(15-22(32)26-13-17-4-9-34-10-5-17)21-14-27-23(28-24(21)29)18-2-3-20(25)19(12-18)16-31/h2-3,12,14,17,31H,4-11,13,15-16H2,1H3,(H,26,32). The Balaban J connectivity index is 1.52. The molecule has 1 aromatic heterocycles. The van der Waals surface area contributed by atoms with Crippen molar-refractivity contribution in [2.24, 2.45) is 5.92 Å². The monoisotopic (exact) mass is 473 g/mol. The van der Waals surface area contributed by atoms with E-state index in [9.17, 15) is 14.3 Å². The quantitative estimate of drug-likeness (QED) is 0.567. The minimum Gasteiger partial charge on any atom is -0.392 e. The molecule has 0 aliphatic carbocycles. The van der Waals surface area contributed by atoms with Crippen LogP contribution in [0.25, 0.3) is 11.4 Å². The molecule has 0 bridgehead atoms. The van der Waals surface area contributed by atoms with Gasteiger partial charge < -0.3 is 29.7 Å². The number of halogens is 1. The minimum atomic E-state index is -0.469. The van der Waals surface area contributed by atoms with E-state index in [1.54, 1.807) is 25.4 Å². The third-order valence-corrected chi connectivity index (χ3v) is 6.33. The Kier molecular flexibility index (Phi) is 8.25. The molecule has 10 heteroatoms. The average molecular weight is 474 g/mol. The molecule has 4 rings (SSSR count). The lowest BCUT2D eigenvalue weighted by atomic mass is 10.0. The van der Waals surface area contributed by atoms with Gasteiger partial charge in [0.05, 0.1) is 31.6 Å². The SMILES string of the molecule is COCCN1CCN(CC(=O)NCC2CCOCC2)c2cnc(-c3ccc(F)c(CO)c3)nc21. The Morgan fingerprint density at radius 1 is 1.29 bits per heavy atom. The number of carbonyl (C=O) groups is 1. The van der Waals surface area contributed by atoms with E-state index in [0.29, 0.717) is 55.9 Å². The molecule has 2 aliphatic rings. The zero-order valence-electron chi connectivity index (χ0n) is 19.5. The lowest BCUT2D eigenvalue weighted by molar-refractivity contribution is -0.120. The summed E-state index contributed by atoms with van der Waals surface area (Å²) in [4.78, 5) is 26.1. The largest absolute Gasteiger partial charge is 0.392 e. The number of ether oxygens (including phenoxy) is 2. The summed E-state index contributed by atoms with van der Waals surface area (Å²) in [7, 11) is 1.65. The number of aromatic nitrogens is 2. The van der Waals surface area contributed by atoms with Crippen molar-refractivity contribution in [2.75, 3.05) is 69.5 Å². The second kappa shape index (κ2) is 11.5. The Morgan fingerprint density at radius 2 is 2.09 bits per heavy atom. The van der Waals surface area contributed by atoms with E-state index in [4.69, 9.17) is 14.5 Å². The summed E-state index contributed by atoms with van der Waals surface area (Å²) < 4.78 is 24.5. The minimum absolute atomic E-state index is 0.0296. The van der Waals surface area contributed by atoms with Crippen LogP contribution in [0.5, 0.6) is 0 Å². The maximum Gasteiger partial charge on any atom is 0.239 e. The summed E-state index contributed by atoms with van der Waals surface area (Å²) in [6.07, 6.45) is 3.66. The molecule has 2 aliphatic heterocycles. The van der Waals surface area contributed by atoms with Crippen molar-refractivity contribution in [3.05, 3.63) is 35.8 Å². The molecule has 184 valence electrons. The molecule has 34 heavy (non-hydrogen) atoms. The van der Waals surface area contributed by atoms with Crippen LogP contribution in [0.4, 0.5) is 15.9 Å². The number of aliphatic hydroxyl groups is 1. The van der Waals surface area contributed by atoms with Crippen LogP contribution in [0.1, 0.15) is 18.4 Å². The fourth-order valence-corrected chi connectivity index (χ4v) is 4.29. The van der Waals surface area contributed by atoms with Crippen LogP contribution < -0.4 is 15.1 Å². The molecule has 0 spiro atoms. The van der Waals surface area contributed by atoms with Gasteiger partial charge >= 0.3 is 0 Å². The molecule has 0 unspecified atom stereocenters. The van der Waals surface area contributed by atoms with Crippen molar-refractivity contribution in [1.82, 2.24) is 15.3 Å². The summed E-state index contributed by atoms with van der Waals surface area (Å²) in [5.74, 6) is 1.10. The zero-order valence-corrected chi connectivity index (χ0v) is 19.5. The van der Waals surface area contributed by atoms with Gasteiger partial charge in [-0.05, 0) is 37.0 Å². The number of benzene rings is 1. The average Bonchev–Trinajstić information content (AvgIpc) is 2.87. The van der Waals surface area contributed by atoms with Crippen LogP contribution in [-0.4, -0.2) is 80.6 Å². The van der Waals surface area contributed by atoms with Crippen molar-refractivity contribution in [1.29, 1.82) is 0 Å². The number of methoxy groups -OCH3 is 1. The van der Waals surface area contributed by atoms with Crippen LogP contribution in [0, 0.1) is 11.7 Å². The van der Waals surface area contributed by atoms with E-state index < -0.39 is 12.4 Å². The summed E-state index contributed by atoms with van der Waals surface area (Å²) in [6, 6.07) is 4.46. The number of nitrogens with zero attached hydrogens (tertiary/aromatic N) is 4. The fourth-order valence-electron chi connectivity index (χ4n) is 4.29. The summed E-state index contributed by atoms with van der Waals surface area (Å²) >= 11 is 0. The van der Waals surface area contributed by atoms with E-state index in [2.05, 4.69) is 15.2 Å². The molecule has 0 atom stereocenters. The lowest BCUT2D eigenvalue weighted by Gasteiger charge is -2.37. The second-order valence-electron chi connectivity index (χ2n) is 8.63. The first kappa shape index (κ1) is 24.3. The van der Waals surface area contributed by atoms with E-state index >= 15 is 0 Å². The Bertz CT molecular complexity index is 986. The number of carbonyl (C=O) groups excluding carboxylic acids is 1. The number of anilines is 2. The normalized spacial score (nSPS) is 16.4. The van der Waals surface area contributed by atoms with Gasteiger partial charge in [-0.1, -0.05) is 0 Å². The molecule has 2 N–H and O–H groups in total. The lowest BCUT2D eigenvalue weighted by Crippen LogP contribution is -2.47. The number of fused-ring (bicyclic) bond motifs is 1. The molecule has 1 amide bonds. The molecule has 1 saturated heterocycles. The van der Waals surface area contributed by atoms with Gasteiger partial charge in [0.25, 0.3) is 0 Å². The van der Waals surface area contributed by atoms with Crippen LogP contribution in [0.2, 0.25) is 0 Å². The van der Waals surface area contributed by atoms with Crippen molar-refractivity contribution in [3.8, 4) is 11.4 Å². The first-order valence-corrected chi connectivity index (χ1v) is 11.7. The fraction of sp³-hybridized carbons (Fsp3) is 0.542. The highest BCUT2D eigenvalue weighted by Crippen LogP contribution is 2.32. The van der Waals surface area contributed by atoms with Gasteiger partial charge in [-0.3, -0.25) is 4.79 Å². The number of amides is 1. The van der Waals surface area contributed by atoms with Crippen molar-refractivity contribution >= 4 is 17.4 Å². The van der Waals surface area contributed by atoms with Gasteiger partial charge in [0.15, 0.2) is 11.6 Å². The zero-order chi connectivity index (χ0) is 23.9. The van der Waals surface area contributed by atoms with E-state index in [0.717, 1.165) is 31.7 Å². The predicted octanol–water partition coefficient (Wildman–Crippen LogP) is 1.59. The molecule has 2 aromatic rings. The predicted molar refractivity (Wildman–Crippen MR) is 126 cm³/mol. The highest BCUT2D eigenvalue weighted by molar-refractivity contribution is 5.83. The number of nitrogens with one attached hydrogen (secondary N) is 1. The van der Waals surface area contributed by atoms with E-state index in [1.165, 1.54) is 6.07 Å². The van der Waals surface area contributed by atoms with Gasteiger partial charge in [-0.15, -0.1) is 0 Å². The third kappa shape index (κ3) is 5.81. The summed E-state index contributed by atoms with van der Waals surface area (Å²) in [6.45, 7) is 4.53. The van der Waals surface area contributed by atoms with Gasteiger partial charge in [0.1, 0.15) is 5.82 Å². The summed E-state index contributed by atoms with van der Waals surface area (Å²) in [5.41, 5.74) is 1.58. The van der Waals surface area contributed by atoms with Gasteiger partial charge in [-0.2, -0.15) is 0 Å². The Hall–Kier alpha value is -2.82. The second-order valence-corrected chi connectivity index (χ2v) is 8.63. The maximum atomic E-state index is 13.8. The van der Waals surface area contributed by atoms with Crippen LogP contribution >= 0.6 is 0 Å².